The first-order valence-corrected chi connectivity index (χ1v) is 18.9. The molecule has 4 heterocycles. The number of phenolic OH excluding ortho intramolecular Hbond substituents is 2. The third kappa shape index (κ3) is 9.57. The van der Waals surface area contributed by atoms with Gasteiger partial charge in [0, 0.05) is 17.7 Å². The van der Waals surface area contributed by atoms with Crippen LogP contribution < -0.4 is 18.9 Å². The van der Waals surface area contributed by atoms with Crippen LogP contribution in [0.3, 0.4) is 0 Å². The number of aliphatic hydroxyl groups is 9. The van der Waals surface area contributed by atoms with Crippen molar-refractivity contribution in [2.24, 2.45) is 0 Å². The zero-order valence-corrected chi connectivity index (χ0v) is 33.0. The SMILES string of the molecule is COc1cc(C2Oc3cc(O)cc(OC4OC(CO)C(O)C(O)C4O)c3C=C2OC2OC(COC3OC(C)C(OC(=O)CC(=O)O)C(O)C3O)C(O)C(O)C2O)cc(OC)c1O. The molecule has 0 bridgehead atoms. The third-order valence-corrected chi connectivity index (χ3v) is 10.5. The van der Waals surface area contributed by atoms with Gasteiger partial charge in [0.05, 0.1) is 39.1 Å². The molecule has 0 aliphatic carbocycles. The van der Waals surface area contributed by atoms with Gasteiger partial charge in [-0.2, -0.15) is 0 Å². The molecule has 0 aromatic heterocycles. The fourth-order valence-electron chi connectivity index (χ4n) is 7.11. The quantitative estimate of drug-likeness (QED) is 0.0646. The molecule has 2 aromatic rings. The predicted molar refractivity (Wildman–Crippen MR) is 197 cm³/mol. The number of ether oxygens (including phenoxy) is 10. The maximum absolute atomic E-state index is 11.9. The van der Waals surface area contributed by atoms with Gasteiger partial charge in [-0.1, -0.05) is 0 Å². The van der Waals surface area contributed by atoms with E-state index in [1.807, 2.05) is 0 Å². The first-order valence-electron chi connectivity index (χ1n) is 18.9. The van der Waals surface area contributed by atoms with Crippen molar-refractivity contribution in [2.75, 3.05) is 27.4 Å². The normalized spacial score (nSPS) is 35.7. The number of aliphatic carboxylic acids is 1. The van der Waals surface area contributed by atoms with Crippen molar-refractivity contribution in [2.45, 2.75) is 112 Å². The number of carbonyl (C=O) groups is 2. The van der Waals surface area contributed by atoms with E-state index >= 15 is 0 Å². The Labute approximate surface area is 350 Å². The van der Waals surface area contributed by atoms with Crippen LogP contribution in [0.5, 0.6) is 34.5 Å². The van der Waals surface area contributed by atoms with Crippen molar-refractivity contribution < 1.29 is 118 Å². The fourth-order valence-corrected chi connectivity index (χ4v) is 7.11. The van der Waals surface area contributed by atoms with Gasteiger partial charge in [-0.3, -0.25) is 9.59 Å². The van der Waals surface area contributed by atoms with Crippen LogP contribution in [0.4, 0.5) is 0 Å². The van der Waals surface area contributed by atoms with E-state index in [-0.39, 0.29) is 45.6 Å². The molecule has 3 saturated heterocycles. The number of aromatic hydroxyl groups is 2. The van der Waals surface area contributed by atoms with E-state index in [0.717, 1.165) is 6.07 Å². The highest BCUT2D eigenvalue weighted by Gasteiger charge is 2.50. The van der Waals surface area contributed by atoms with E-state index in [0.29, 0.717) is 0 Å². The maximum Gasteiger partial charge on any atom is 0.317 e. The molecule has 2 aromatic carbocycles. The smallest absolute Gasteiger partial charge is 0.317 e. The zero-order valence-electron chi connectivity index (χ0n) is 33.0. The van der Waals surface area contributed by atoms with Gasteiger partial charge in [-0.15, -0.1) is 0 Å². The number of esters is 1. The van der Waals surface area contributed by atoms with Crippen molar-refractivity contribution in [1.82, 2.24) is 0 Å². The number of rotatable bonds is 14. The summed E-state index contributed by atoms with van der Waals surface area (Å²) in [5.74, 6) is -4.29. The molecule has 344 valence electrons. The minimum atomic E-state index is -1.99. The Hall–Kier alpha value is -4.80. The monoisotopic (exact) mass is 888 g/mol. The number of hydrogen-bond acceptors (Lipinski definition) is 23. The Morgan fingerprint density at radius 3 is 1.87 bits per heavy atom. The van der Waals surface area contributed by atoms with Gasteiger partial charge in [-0.25, -0.2) is 0 Å². The Morgan fingerprint density at radius 2 is 1.27 bits per heavy atom. The lowest BCUT2D eigenvalue weighted by atomic mass is 9.97. The first kappa shape index (κ1) is 46.7. The molecular weight excluding hydrogens is 840 g/mol. The first-order chi connectivity index (χ1) is 29.4. The Balaban J connectivity index is 1.29. The van der Waals surface area contributed by atoms with Crippen molar-refractivity contribution in [3.8, 4) is 34.5 Å². The van der Waals surface area contributed by atoms with Crippen molar-refractivity contribution in [3.63, 3.8) is 0 Å². The van der Waals surface area contributed by atoms with Crippen LogP contribution in [0.2, 0.25) is 0 Å². The van der Waals surface area contributed by atoms with Crippen LogP contribution in [-0.2, 0) is 38.0 Å². The highest BCUT2D eigenvalue weighted by atomic mass is 16.7. The summed E-state index contributed by atoms with van der Waals surface area (Å²) in [4.78, 5) is 22.8. The maximum atomic E-state index is 11.9. The molecular formula is C38H48O24. The van der Waals surface area contributed by atoms with E-state index in [4.69, 9.17) is 52.5 Å². The van der Waals surface area contributed by atoms with Crippen molar-refractivity contribution in [1.29, 1.82) is 0 Å². The largest absolute Gasteiger partial charge is 0.508 e. The Bertz CT molecular complexity index is 1920. The second kappa shape index (κ2) is 19.3. The standard InChI is InChI=1S/C38H48O24/c1-12-34(62-24(43)9-23(41)42)30(49)33(52)36(56-12)55-11-22-27(46)29(48)32(51)38(61-22)59-20-8-15-16(57-35(20)13-4-18(53-2)25(44)19(5-13)54-3)6-14(40)7-17(15)58-37-31(50)28(47)26(45)21(10-39)60-37/h4-8,12,21-22,26-40,44-52H,9-11H2,1-3H3,(H,41,42). The van der Waals surface area contributed by atoms with Gasteiger partial charge in [0.2, 0.25) is 18.3 Å². The summed E-state index contributed by atoms with van der Waals surface area (Å²) in [6.07, 6.45) is -26.9. The molecule has 3 fully saturated rings. The van der Waals surface area contributed by atoms with Crippen LogP contribution in [0.25, 0.3) is 6.08 Å². The van der Waals surface area contributed by atoms with Gasteiger partial charge in [0.15, 0.2) is 30.0 Å². The number of phenols is 2. The van der Waals surface area contributed by atoms with Crippen LogP contribution in [0.15, 0.2) is 30.0 Å². The lowest BCUT2D eigenvalue weighted by molar-refractivity contribution is -0.325. The molecule has 0 radical (unpaired) electrons. The number of benzene rings is 2. The van der Waals surface area contributed by atoms with Crippen LogP contribution in [-0.4, -0.2) is 193 Å². The molecule has 0 spiro atoms. The molecule has 4 aliphatic heterocycles. The molecule has 16 unspecified atom stereocenters. The number of fused-ring (bicyclic) bond motifs is 1. The van der Waals surface area contributed by atoms with Gasteiger partial charge >= 0.3 is 11.9 Å². The lowest BCUT2D eigenvalue weighted by Gasteiger charge is -2.43. The van der Waals surface area contributed by atoms with E-state index < -0.39 is 136 Å². The third-order valence-electron chi connectivity index (χ3n) is 10.5. The van der Waals surface area contributed by atoms with Gasteiger partial charge in [0.1, 0.15) is 90.5 Å². The number of methoxy groups -OCH3 is 2. The molecule has 0 saturated carbocycles. The molecule has 4 aliphatic rings. The number of aliphatic hydroxyl groups excluding tert-OH is 9. The summed E-state index contributed by atoms with van der Waals surface area (Å²) in [5.41, 5.74) is 0.152. The van der Waals surface area contributed by atoms with Crippen molar-refractivity contribution >= 4 is 18.0 Å². The summed E-state index contributed by atoms with van der Waals surface area (Å²) in [5, 5.41) is 126. The summed E-state index contributed by atoms with van der Waals surface area (Å²) in [6.45, 7) is -0.125. The average molecular weight is 889 g/mol. The lowest BCUT2D eigenvalue weighted by Crippen LogP contribution is -2.61. The molecule has 6 rings (SSSR count). The van der Waals surface area contributed by atoms with Gasteiger partial charge in [-0.05, 0) is 25.1 Å². The summed E-state index contributed by atoms with van der Waals surface area (Å²) in [6, 6.07) is 4.93. The number of carboxylic acid groups (broad SMARTS) is 1. The van der Waals surface area contributed by atoms with Crippen LogP contribution in [0, 0.1) is 0 Å². The minimum absolute atomic E-state index is 0.0162. The Morgan fingerprint density at radius 1 is 0.694 bits per heavy atom. The van der Waals surface area contributed by atoms with E-state index in [9.17, 15) is 65.8 Å². The summed E-state index contributed by atoms with van der Waals surface area (Å²) in [7, 11) is 2.53. The molecule has 62 heavy (non-hydrogen) atoms. The van der Waals surface area contributed by atoms with Gasteiger partial charge in [0.25, 0.3) is 0 Å². The molecule has 24 heteroatoms. The minimum Gasteiger partial charge on any atom is -0.508 e. The topological polar surface area (TPSA) is 369 Å². The van der Waals surface area contributed by atoms with Gasteiger partial charge < -0.3 is 109 Å². The number of hydrogen-bond donors (Lipinski definition) is 12. The summed E-state index contributed by atoms with van der Waals surface area (Å²) < 4.78 is 56.4. The Kier molecular flexibility index (Phi) is 14.5. The fraction of sp³-hybridized carbons (Fsp3) is 0.579. The average Bonchev–Trinajstić information content (AvgIpc) is 3.23. The molecule has 0 amide bonds. The number of carbonyl (C=O) groups excluding carboxylic acids is 1. The van der Waals surface area contributed by atoms with E-state index in [2.05, 4.69) is 0 Å². The van der Waals surface area contributed by atoms with E-state index in [1.54, 1.807) is 0 Å². The zero-order chi connectivity index (χ0) is 45.3. The highest BCUT2D eigenvalue weighted by molar-refractivity contribution is 5.90. The van der Waals surface area contributed by atoms with Crippen molar-refractivity contribution in [3.05, 3.63) is 41.2 Å². The van der Waals surface area contributed by atoms with Crippen LogP contribution >= 0.6 is 0 Å². The summed E-state index contributed by atoms with van der Waals surface area (Å²) >= 11 is 0. The molecule has 12 N–H and O–H groups in total. The van der Waals surface area contributed by atoms with Crippen LogP contribution in [0.1, 0.15) is 30.6 Å². The van der Waals surface area contributed by atoms with E-state index in [1.165, 1.54) is 45.4 Å². The molecule has 24 nitrogen and oxygen atoms in total. The highest BCUT2D eigenvalue weighted by Crippen LogP contribution is 2.48. The second-order valence-electron chi connectivity index (χ2n) is 14.7. The predicted octanol–water partition coefficient (Wildman–Crippen LogP) is -3.54. The molecule has 16 atom stereocenters. The number of carboxylic acids is 1. The second-order valence-corrected chi connectivity index (χ2v) is 14.7.